The molecular formula is C16H18FN3O. The number of benzene rings is 1. The zero-order valence-corrected chi connectivity index (χ0v) is 11.7. The summed E-state index contributed by atoms with van der Waals surface area (Å²) in [5, 5.41) is 0. The summed E-state index contributed by atoms with van der Waals surface area (Å²) in [6.45, 7) is 1.33. The van der Waals surface area contributed by atoms with E-state index in [-0.39, 0.29) is 17.8 Å². The molecule has 1 aliphatic rings. The number of amides is 1. The minimum absolute atomic E-state index is 0.0225. The topological polar surface area (TPSA) is 62.1 Å². The molecule has 5 heteroatoms. The van der Waals surface area contributed by atoms with Gasteiger partial charge in [0.25, 0.3) is 5.91 Å². The number of likely N-dealkylation sites (tertiary alicyclic amines) is 1. The molecule has 0 radical (unpaired) electrons. The highest BCUT2D eigenvalue weighted by Gasteiger charge is 2.24. The third-order valence-corrected chi connectivity index (χ3v) is 3.88. The van der Waals surface area contributed by atoms with Gasteiger partial charge < -0.3 is 15.6 Å². The molecule has 21 heavy (non-hydrogen) atoms. The highest BCUT2D eigenvalue weighted by molar-refractivity contribution is 6.00. The number of aromatic amines is 1. The fourth-order valence-electron chi connectivity index (χ4n) is 2.77. The summed E-state index contributed by atoms with van der Waals surface area (Å²) >= 11 is 0. The number of H-pyrrole nitrogens is 1. The molecule has 3 N–H and O–H groups in total. The minimum Gasteiger partial charge on any atom is -0.366 e. The van der Waals surface area contributed by atoms with Crippen LogP contribution in [0.4, 0.5) is 4.39 Å². The summed E-state index contributed by atoms with van der Waals surface area (Å²) in [7, 11) is 0. The second-order valence-corrected chi connectivity index (χ2v) is 5.44. The summed E-state index contributed by atoms with van der Waals surface area (Å²) in [6, 6.07) is 6.20. The lowest BCUT2D eigenvalue weighted by Crippen LogP contribution is -2.45. The van der Waals surface area contributed by atoms with Crippen LogP contribution in [0.15, 0.2) is 36.7 Å². The van der Waals surface area contributed by atoms with Gasteiger partial charge in [0, 0.05) is 37.1 Å². The van der Waals surface area contributed by atoms with E-state index in [1.54, 1.807) is 29.4 Å². The summed E-state index contributed by atoms with van der Waals surface area (Å²) in [5.41, 5.74) is 8.16. The van der Waals surface area contributed by atoms with Crippen molar-refractivity contribution in [3.05, 3.63) is 48.0 Å². The van der Waals surface area contributed by atoms with Crippen molar-refractivity contribution in [1.82, 2.24) is 9.88 Å². The molecule has 4 nitrogen and oxygen atoms in total. The Bertz CT molecular complexity index is 635. The predicted octanol–water partition coefficient (Wildman–Crippen LogP) is 2.38. The third kappa shape index (κ3) is 2.83. The van der Waals surface area contributed by atoms with Crippen molar-refractivity contribution in [1.29, 1.82) is 0 Å². The van der Waals surface area contributed by atoms with Crippen LogP contribution in [0.2, 0.25) is 0 Å². The number of hydrogen-bond donors (Lipinski definition) is 2. The van der Waals surface area contributed by atoms with Crippen LogP contribution in [0.1, 0.15) is 23.2 Å². The van der Waals surface area contributed by atoms with E-state index < -0.39 is 0 Å². The summed E-state index contributed by atoms with van der Waals surface area (Å²) in [5.74, 6) is -0.310. The number of hydrogen-bond acceptors (Lipinski definition) is 2. The quantitative estimate of drug-likeness (QED) is 0.891. The van der Waals surface area contributed by atoms with Gasteiger partial charge in [-0.1, -0.05) is 12.1 Å². The van der Waals surface area contributed by atoms with E-state index in [2.05, 4.69) is 4.98 Å². The van der Waals surface area contributed by atoms with Crippen LogP contribution in [0.5, 0.6) is 0 Å². The predicted molar refractivity (Wildman–Crippen MR) is 79.3 cm³/mol. The van der Waals surface area contributed by atoms with Crippen LogP contribution in [0.25, 0.3) is 11.1 Å². The van der Waals surface area contributed by atoms with Crippen molar-refractivity contribution >= 4 is 5.91 Å². The Morgan fingerprint density at radius 3 is 2.76 bits per heavy atom. The first-order chi connectivity index (χ1) is 10.1. The van der Waals surface area contributed by atoms with Gasteiger partial charge in [0.05, 0.1) is 5.56 Å². The van der Waals surface area contributed by atoms with Gasteiger partial charge in [-0.2, -0.15) is 0 Å². The van der Waals surface area contributed by atoms with Gasteiger partial charge in [-0.15, -0.1) is 0 Å². The van der Waals surface area contributed by atoms with E-state index in [9.17, 15) is 9.18 Å². The van der Waals surface area contributed by atoms with Crippen molar-refractivity contribution in [3.8, 4) is 11.1 Å². The van der Waals surface area contributed by atoms with Crippen LogP contribution < -0.4 is 5.73 Å². The molecule has 1 aliphatic heterocycles. The van der Waals surface area contributed by atoms with Crippen molar-refractivity contribution in [2.75, 3.05) is 13.1 Å². The normalized spacial score (nSPS) is 18.8. The number of nitrogens with one attached hydrogen (secondary N) is 1. The Kier molecular flexibility index (Phi) is 3.75. The molecule has 1 aromatic heterocycles. The molecule has 110 valence electrons. The molecule has 2 heterocycles. The van der Waals surface area contributed by atoms with Gasteiger partial charge in [-0.3, -0.25) is 4.79 Å². The average molecular weight is 287 g/mol. The van der Waals surface area contributed by atoms with Gasteiger partial charge in [0.1, 0.15) is 5.82 Å². The highest BCUT2D eigenvalue weighted by atomic mass is 19.1. The Morgan fingerprint density at radius 1 is 1.29 bits per heavy atom. The summed E-state index contributed by atoms with van der Waals surface area (Å²) < 4.78 is 13.0. The number of aromatic nitrogens is 1. The van der Waals surface area contributed by atoms with Crippen LogP contribution in [-0.2, 0) is 0 Å². The number of nitrogens with two attached hydrogens (primary N) is 1. The number of halogens is 1. The van der Waals surface area contributed by atoms with Crippen molar-refractivity contribution in [2.24, 2.45) is 5.73 Å². The third-order valence-electron chi connectivity index (χ3n) is 3.88. The second-order valence-electron chi connectivity index (χ2n) is 5.44. The number of rotatable bonds is 2. The molecular weight excluding hydrogens is 269 g/mol. The lowest BCUT2D eigenvalue weighted by atomic mass is 10.0. The molecule has 0 saturated carbocycles. The van der Waals surface area contributed by atoms with Crippen molar-refractivity contribution in [2.45, 2.75) is 18.9 Å². The first-order valence-electron chi connectivity index (χ1n) is 7.13. The second kappa shape index (κ2) is 5.69. The van der Waals surface area contributed by atoms with Crippen molar-refractivity contribution in [3.63, 3.8) is 0 Å². The fraction of sp³-hybridized carbons (Fsp3) is 0.312. The number of carbonyl (C=O) groups excluding carboxylic acids is 1. The Hall–Kier alpha value is -2.14. The maximum absolute atomic E-state index is 13.0. The first kappa shape index (κ1) is 13.8. The highest BCUT2D eigenvalue weighted by Crippen LogP contribution is 2.25. The van der Waals surface area contributed by atoms with E-state index in [1.807, 2.05) is 0 Å². The van der Waals surface area contributed by atoms with E-state index >= 15 is 0 Å². The van der Waals surface area contributed by atoms with Crippen LogP contribution in [0, 0.1) is 5.82 Å². The fourth-order valence-corrected chi connectivity index (χ4v) is 2.77. The monoisotopic (exact) mass is 287 g/mol. The lowest BCUT2D eigenvalue weighted by molar-refractivity contribution is 0.0710. The van der Waals surface area contributed by atoms with Gasteiger partial charge in [-0.25, -0.2) is 4.39 Å². The Labute approximate surface area is 122 Å². The van der Waals surface area contributed by atoms with Gasteiger partial charge in [0.2, 0.25) is 0 Å². The molecule has 1 saturated heterocycles. The maximum atomic E-state index is 13.0. The van der Waals surface area contributed by atoms with Crippen LogP contribution >= 0.6 is 0 Å². The van der Waals surface area contributed by atoms with E-state index in [1.165, 1.54) is 12.1 Å². The molecule has 0 aliphatic carbocycles. The van der Waals surface area contributed by atoms with E-state index in [4.69, 9.17) is 5.73 Å². The number of piperidine rings is 1. The lowest BCUT2D eigenvalue weighted by Gasteiger charge is -2.30. The SMILES string of the molecule is N[C@H]1CCCN(C(=O)c2c[nH]cc2-c2ccc(F)cc2)C1. The average Bonchev–Trinajstić information content (AvgIpc) is 2.96. The van der Waals surface area contributed by atoms with Crippen molar-refractivity contribution < 1.29 is 9.18 Å². The molecule has 1 amide bonds. The van der Waals surface area contributed by atoms with Gasteiger partial charge in [-0.05, 0) is 30.5 Å². The summed E-state index contributed by atoms with van der Waals surface area (Å²) in [4.78, 5) is 17.4. The van der Waals surface area contributed by atoms with Crippen LogP contribution in [-0.4, -0.2) is 34.9 Å². The van der Waals surface area contributed by atoms with Gasteiger partial charge in [0.15, 0.2) is 0 Å². The summed E-state index contributed by atoms with van der Waals surface area (Å²) in [6.07, 6.45) is 5.36. The van der Waals surface area contributed by atoms with Gasteiger partial charge >= 0.3 is 0 Å². The van der Waals surface area contributed by atoms with E-state index in [0.29, 0.717) is 12.1 Å². The largest absolute Gasteiger partial charge is 0.366 e. The molecule has 1 fully saturated rings. The molecule has 0 unspecified atom stereocenters. The first-order valence-corrected chi connectivity index (χ1v) is 7.13. The van der Waals surface area contributed by atoms with Crippen LogP contribution in [0.3, 0.4) is 0 Å². The maximum Gasteiger partial charge on any atom is 0.256 e. The molecule has 0 spiro atoms. The molecule has 2 aromatic rings. The molecule has 0 bridgehead atoms. The smallest absolute Gasteiger partial charge is 0.256 e. The standard InChI is InChI=1S/C16H18FN3O/c17-12-5-3-11(4-6-12)14-8-19-9-15(14)16(21)20-7-1-2-13(18)10-20/h3-6,8-9,13,19H,1-2,7,10,18H2/t13-/m0/s1. The number of nitrogens with zero attached hydrogens (tertiary/aromatic N) is 1. The Morgan fingerprint density at radius 2 is 2.05 bits per heavy atom. The number of carbonyl (C=O) groups is 1. The molecule has 3 rings (SSSR count). The molecule has 1 aromatic carbocycles. The Balaban J connectivity index is 1.88. The minimum atomic E-state index is -0.288. The van der Waals surface area contributed by atoms with E-state index in [0.717, 1.165) is 30.5 Å². The zero-order chi connectivity index (χ0) is 14.8. The zero-order valence-electron chi connectivity index (χ0n) is 11.7. The molecule has 1 atom stereocenters.